The summed E-state index contributed by atoms with van der Waals surface area (Å²) in [6, 6.07) is 9.83. The maximum absolute atomic E-state index is 12.6. The van der Waals surface area contributed by atoms with Gasteiger partial charge in [0, 0.05) is 23.2 Å². The van der Waals surface area contributed by atoms with Gasteiger partial charge in [-0.3, -0.25) is 19.6 Å². The van der Waals surface area contributed by atoms with Crippen molar-refractivity contribution in [2.24, 2.45) is 7.05 Å². The number of rotatable bonds is 5. The molecule has 3 rings (SSSR count). The maximum atomic E-state index is 12.6. The summed E-state index contributed by atoms with van der Waals surface area (Å²) < 4.78 is 1.60. The summed E-state index contributed by atoms with van der Waals surface area (Å²) in [6.07, 6.45) is 0. The molecule has 1 N–H and O–H groups in total. The Kier molecular flexibility index (Phi) is 5.23. The van der Waals surface area contributed by atoms with Crippen LogP contribution < -0.4 is 5.32 Å². The molecule has 0 radical (unpaired) electrons. The molecule has 140 valence electrons. The van der Waals surface area contributed by atoms with E-state index in [-0.39, 0.29) is 5.92 Å². The van der Waals surface area contributed by atoms with Crippen molar-refractivity contribution in [1.82, 2.24) is 14.8 Å². The van der Waals surface area contributed by atoms with Gasteiger partial charge < -0.3 is 0 Å². The zero-order valence-electron chi connectivity index (χ0n) is 16.0. The molecule has 0 unspecified atom stereocenters. The van der Waals surface area contributed by atoms with E-state index < -0.39 is 11.7 Å². The number of Topliss-reactive ketones (excluding diaryl/α,β-unsaturated/α-hetero) is 1. The molecule has 3 aromatic rings. The van der Waals surface area contributed by atoms with Crippen molar-refractivity contribution in [2.75, 3.05) is 5.32 Å². The minimum atomic E-state index is -0.696. The van der Waals surface area contributed by atoms with E-state index in [1.165, 1.54) is 11.3 Å². The Balaban J connectivity index is 1.89. The number of hydrogen-bond acceptors (Lipinski definition) is 5. The van der Waals surface area contributed by atoms with Crippen LogP contribution in [0.5, 0.6) is 0 Å². The fourth-order valence-electron chi connectivity index (χ4n) is 2.95. The standard InChI is InChI=1S/C20H22N4O2S/c1-11(2)18-16(14-9-7-6-8-10-14)21-20(27-18)22-19(26)17(25)15-12(3)23-24(5)13(15)4/h6-11H,1-5H3,(H,21,22,26). The van der Waals surface area contributed by atoms with Crippen LogP contribution in [0.2, 0.25) is 0 Å². The SMILES string of the molecule is Cc1nn(C)c(C)c1C(=O)C(=O)Nc1nc(-c2ccccc2)c(C(C)C)s1. The van der Waals surface area contributed by atoms with Crippen molar-refractivity contribution in [1.29, 1.82) is 0 Å². The average molecular weight is 382 g/mol. The summed E-state index contributed by atoms with van der Waals surface area (Å²) in [5.74, 6) is -1.04. The molecule has 0 bridgehead atoms. The number of amides is 1. The number of carbonyl (C=O) groups excluding carboxylic acids is 2. The van der Waals surface area contributed by atoms with Crippen LogP contribution in [0.3, 0.4) is 0 Å². The van der Waals surface area contributed by atoms with E-state index in [2.05, 4.69) is 29.2 Å². The molecule has 0 aliphatic carbocycles. The van der Waals surface area contributed by atoms with Gasteiger partial charge in [-0.1, -0.05) is 44.2 Å². The zero-order valence-corrected chi connectivity index (χ0v) is 16.8. The summed E-state index contributed by atoms with van der Waals surface area (Å²) in [5.41, 5.74) is 3.39. The molecule has 0 saturated heterocycles. The third kappa shape index (κ3) is 3.68. The summed E-state index contributed by atoms with van der Waals surface area (Å²) in [5, 5.41) is 7.30. The fraction of sp³-hybridized carbons (Fsp3) is 0.300. The predicted molar refractivity (Wildman–Crippen MR) is 107 cm³/mol. The molecule has 0 saturated carbocycles. The van der Waals surface area contributed by atoms with Crippen molar-refractivity contribution < 1.29 is 9.59 Å². The number of nitrogens with zero attached hydrogens (tertiary/aromatic N) is 3. The minimum Gasteiger partial charge on any atom is -0.295 e. The first kappa shape index (κ1) is 19.0. The highest BCUT2D eigenvalue weighted by Gasteiger charge is 2.25. The Bertz CT molecular complexity index is 1000. The van der Waals surface area contributed by atoms with Crippen LogP contribution in [0.15, 0.2) is 30.3 Å². The second-order valence-corrected chi connectivity index (χ2v) is 7.74. The Morgan fingerprint density at radius 2 is 1.81 bits per heavy atom. The Morgan fingerprint density at radius 1 is 1.15 bits per heavy atom. The quantitative estimate of drug-likeness (QED) is 0.532. The topological polar surface area (TPSA) is 76.9 Å². The number of anilines is 1. The van der Waals surface area contributed by atoms with E-state index in [0.29, 0.717) is 22.1 Å². The molecule has 27 heavy (non-hydrogen) atoms. The van der Waals surface area contributed by atoms with E-state index >= 15 is 0 Å². The van der Waals surface area contributed by atoms with Gasteiger partial charge in [0.15, 0.2) is 5.13 Å². The average Bonchev–Trinajstić information content (AvgIpc) is 3.16. The lowest BCUT2D eigenvalue weighted by Gasteiger charge is -2.04. The van der Waals surface area contributed by atoms with Crippen LogP contribution in [0.25, 0.3) is 11.3 Å². The van der Waals surface area contributed by atoms with Gasteiger partial charge in [-0.05, 0) is 19.8 Å². The highest BCUT2D eigenvalue weighted by atomic mass is 32.1. The van der Waals surface area contributed by atoms with E-state index in [9.17, 15) is 9.59 Å². The zero-order chi connectivity index (χ0) is 19.7. The molecule has 6 nitrogen and oxygen atoms in total. The molecule has 0 aliphatic heterocycles. The molecule has 1 aromatic carbocycles. The highest BCUT2D eigenvalue weighted by Crippen LogP contribution is 2.36. The number of aromatic nitrogens is 3. The molecule has 0 fully saturated rings. The van der Waals surface area contributed by atoms with Gasteiger partial charge in [0.25, 0.3) is 11.7 Å². The molecular formula is C20H22N4O2S. The summed E-state index contributed by atoms with van der Waals surface area (Å²) >= 11 is 1.40. The minimum absolute atomic E-state index is 0.252. The molecule has 2 aromatic heterocycles. The van der Waals surface area contributed by atoms with Crippen molar-refractivity contribution in [3.8, 4) is 11.3 Å². The van der Waals surface area contributed by atoms with Crippen LogP contribution in [0, 0.1) is 13.8 Å². The third-order valence-electron chi connectivity index (χ3n) is 4.39. The monoisotopic (exact) mass is 382 g/mol. The van der Waals surface area contributed by atoms with Gasteiger partial charge >= 0.3 is 0 Å². The summed E-state index contributed by atoms with van der Waals surface area (Å²) in [6.45, 7) is 7.66. The first-order chi connectivity index (χ1) is 12.8. The van der Waals surface area contributed by atoms with E-state index in [1.807, 2.05) is 30.3 Å². The first-order valence-corrected chi connectivity index (χ1v) is 9.53. The lowest BCUT2D eigenvalue weighted by Crippen LogP contribution is -2.23. The second-order valence-electron chi connectivity index (χ2n) is 6.71. The maximum Gasteiger partial charge on any atom is 0.298 e. The lowest BCUT2D eigenvalue weighted by molar-refractivity contribution is -0.112. The fourth-order valence-corrected chi connectivity index (χ4v) is 3.93. The molecule has 0 atom stereocenters. The number of ketones is 1. The van der Waals surface area contributed by atoms with Gasteiger partial charge in [0.1, 0.15) is 0 Å². The Morgan fingerprint density at radius 3 is 2.37 bits per heavy atom. The van der Waals surface area contributed by atoms with Crippen molar-refractivity contribution in [3.05, 3.63) is 52.2 Å². The predicted octanol–water partition coefficient (Wildman–Crippen LogP) is 4.11. The molecular weight excluding hydrogens is 360 g/mol. The summed E-state index contributed by atoms with van der Waals surface area (Å²) in [7, 11) is 1.75. The van der Waals surface area contributed by atoms with E-state index in [0.717, 1.165) is 16.1 Å². The molecule has 0 aliphatic rings. The smallest absolute Gasteiger partial charge is 0.295 e. The number of aryl methyl sites for hydroxylation is 2. The van der Waals surface area contributed by atoms with Crippen LogP contribution in [-0.4, -0.2) is 26.5 Å². The largest absolute Gasteiger partial charge is 0.298 e. The molecule has 1 amide bonds. The Hall–Kier alpha value is -2.80. The van der Waals surface area contributed by atoms with Gasteiger partial charge in [0.05, 0.1) is 17.0 Å². The van der Waals surface area contributed by atoms with Gasteiger partial charge in [-0.2, -0.15) is 5.10 Å². The number of hydrogen-bond donors (Lipinski definition) is 1. The number of nitrogens with one attached hydrogen (secondary N) is 1. The Labute approximate surface area is 162 Å². The number of thiazole rings is 1. The van der Waals surface area contributed by atoms with E-state index in [4.69, 9.17) is 0 Å². The second kappa shape index (κ2) is 7.44. The van der Waals surface area contributed by atoms with Gasteiger partial charge in [-0.25, -0.2) is 4.98 Å². The first-order valence-electron chi connectivity index (χ1n) is 8.71. The van der Waals surface area contributed by atoms with Gasteiger partial charge in [-0.15, -0.1) is 11.3 Å². The highest BCUT2D eigenvalue weighted by molar-refractivity contribution is 7.16. The molecule has 7 heteroatoms. The third-order valence-corrected chi connectivity index (χ3v) is 5.66. The van der Waals surface area contributed by atoms with Crippen molar-refractivity contribution in [3.63, 3.8) is 0 Å². The van der Waals surface area contributed by atoms with Crippen molar-refractivity contribution >= 4 is 28.2 Å². The molecule has 0 spiro atoms. The molecule has 2 heterocycles. The number of carbonyl (C=O) groups is 2. The number of benzene rings is 1. The lowest BCUT2D eigenvalue weighted by atomic mass is 10.1. The summed E-state index contributed by atoms with van der Waals surface area (Å²) in [4.78, 5) is 30.8. The van der Waals surface area contributed by atoms with Gasteiger partial charge in [0.2, 0.25) is 0 Å². The van der Waals surface area contributed by atoms with Crippen LogP contribution in [-0.2, 0) is 11.8 Å². The van der Waals surface area contributed by atoms with E-state index in [1.54, 1.807) is 25.6 Å². The normalized spacial score (nSPS) is 11.0. The van der Waals surface area contributed by atoms with Crippen LogP contribution in [0.4, 0.5) is 5.13 Å². The van der Waals surface area contributed by atoms with Crippen LogP contribution in [0.1, 0.15) is 46.4 Å². The van der Waals surface area contributed by atoms with Crippen LogP contribution >= 0.6 is 11.3 Å². The van der Waals surface area contributed by atoms with Crippen molar-refractivity contribution in [2.45, 2.75) is 33.6 Å².